The lowest BCUT2D eigenvalue weighted by atomic mass is 10.1. The summed E-state index contributed by atoms with van der Waals surface area (Å²) in [5, 5.41) is 0. The van der Waals surface area contributed by atoms with Crippen LogP contribution in [0.15, 0.2) is 41.1 Å². The fraction of sp³-hybridized carbons (Fsp3) is 0.462. The third-order valence-electron chi connectivity index (χ3n) is 2.21. The van der Waals surface area contributed by atoms with Gasteiger partial charge in [-0.05, 0) is 25.3 Å². The molecule has 0 aromatic carbocycles. The Hall–Kier alpha value is -1.18. The molecule has 0 amide bonds. The van der Waals surface area contributed by atoms with Crippen LogP contribution in [0.1, 0.15) is 27.7 Å². The van der Waals surface area contributed by atoms with Gasteiger partial charge in [-0.2, -0.15) is 0 Å². The first-order chi connectivity index (χ1) is 7.02. The fourth-order valence-corrected chi connectivity index (χ4v) is 0.874. The van der Waals surface area contributed by atoms with Gasteiger partial charge in [-0.15, -0.1) is 0 Å². The van der Waals surface area contributed by atoms with Gasteiger partial charge in [0.25, 0.3) is 0 Å². The van der Waals surface area contributed by atoms with Crippen molar-refractivity contribution in [3.05, 3.63) is 36.1 Å². The molecule has 0 atom stereocenters. The van der Waals surface area contributed by atoms with Crippen molar-refractivity contribution < 1.29 is 4.39 Å². The summed E-state index contributed by atoms with van der Waals surface area (Å²) in [5.41, 5.74) is 2.30. The largest absolute Gasteiger partial charge is 0.259 e. The van der Waals surface area contributed by atoms with Crippen molar-refractivity contribution in [3.8, 4) is 0 Å². The molecule has 0 aliphatic heterocycles. The zero-order valence-electron chi connectivity index (χ0n) is 10.0. The summed E-state index contributed by atoms with van der Waals surface area (Å²) >= 11 is 0. The molecule has 0 saturated heterocycles. The molecule has 0 saturated carbocycles. The van der Waals surface area contributed by atoms with Gasteiger partial charge in [0.05, 0.1) is 5.70 Å². The van der Waals surface area contributed by atoms with E-state index in [1.807, 2.05) is 33.8 Å². The van der Waals surface area contributed by atoms with E-state index in [9.17, 15) is 4.39 Å². The average Bonchev–Trinajstić information content (AvgIpc) is 2.21. The van der Waals surface area contributed by atoms with Crippen LogP contribution in [-0.2, 0) is 0 Å². The minimum absolute atomic E-state index is 0.350. The SMILES string of the molecule is C=C\C=C/C(C)=C(CF)/N=C(\C)C(C)C. The van der Waals surface area contributed by atoms with Crippen LogP contribution in [0.2, 0.25) is 0 Å². The Morgan fingerprint density at radius 1 is 1.40 bits per heavy atom. The summed E-state index contributed by atoms with van der Waals surface area (Å²) in [5.74, 6) is 0.350. The number of hydrogen-bond donors (Lipinski definition) is 0. The molecule has 0 rings (SSSR count). The highest BCUT2D eigenvalue weighted by Gasteiger charge is 2.02. The van der Waals surface area contributed by atoms with Crippen molar-refractivity contribution >= 4 is 5.71 Å². The van der Waals surface area contributed by atoms with Gasteiger partial charge in [0.15, 0.2) is 0 Å². The summed E-state index contributed by atoms with van der Waals surface area (Å²) in [6, 6.07) is 0. The van der Waals surface area contributed by atoms with E-state index in [2.05, 4.69) is 11.6 Å². The van der Waals surface area contributed by atoms with E-state index in [-0.39, 0.29) is 0 Å². The van der Waals surface area contributed by atoms with E-state index in [0.29, 0.717) is 11.6 Å². The smallest absolute Gasteiger partial charge is 0.132 e. The number of aliphatic imine (C=N–C) groups is 1. The Bertz CT molecular complexity index is 296. The van der Waals surface area contributed by atoms with E-state index < -0.39 is 6.67 Å². The molecule has 0 bridgehead atoms. The van der Waals surface area contributed by atoms with E-state index in [1.54, 1.807) is 12.2 Å². The van der Waals surface area contributed by atoms with Crippen molar-refractivity contribution in [2.24, 2.45) is 10.9 Å². The molecule has 0 fully saturated rings. The zero-order valence-corrected chi connectivity index (χ0v) is 10.0. The molecule has 1 nitrogen and oxygen atoms in total. The maximum atomic E-state index is 12.7. The molecular weight excluding hydrogens is 189 g/mol. The average molecular weight is 209 g/mol. The first-order valence-corrected chi connectivity index (χ1v) is 5.12. The first kappa shape index (κ1) is 13.8. The molecule has 0 N–H and O–H groups in total. The van der Waals surface area contributed by atoms with E-state index >= 15 is 0 Å². The van der Waals surface area contributed by atoms with Gasteiger partial charge >= 0.3 is 0 Å². The molecule has 0 heterocycles. The highest BCUT2D eigenvalue weighted by Crippen LogP contribution is 2.11. The lowest BCUT2D eigenvalue weighted by Crippen LogP contribution is -2.03. The molecule has 2 heteroatoms. The molecule has 84 valence electrons. The monoisotopic (exact) mass is 209 g/mol. The summed E-state index contributed by atoms with van der Waals surface area (Å²) in [4.78, 5) is 4.28. The minimum Gasteiger partial charge on any atom is -0.259 e. The number of hydrogen-bond acceptors (Lipinski definition) is 1. The standard InChI is InChI=1S/C13H20FN/c1-6-7-8-11(4)13(9-14)15-12(5)10(2)3/h6-8,10H,1,9H2,2-5H3/b8-7-,13-11+,15-12+. The molecule has 0 aromatic rings. The predicted octanol–water partition coefficient (Wildman–Crippen LogP) is 4.09. The number of alkyl halides is 1. The fourth-order valence-electron chi connectivity index (χ4n) is 0.874. The van der Waals surface area contributed by atoms with Gasteiger partial charge in [-0.1, -0.05) is 38.7 Å². The van der Waals surface area contributed by atoms with Gasteiger partial charge in [0.1, 0.15) is 6.67 Å². The molecule has 0 spiro atoms. The Kier molecular flexibility index (Phi) is 6.59. The molecule has 0 aliphatic carbocycles. The highest BCUT2D eigenvalue weighted by molar-refractivity contribution is 5.84. The van der Waals surface area contributed by atoms with Crippen LogP contribution in [0.4, 0.5) is 4.39 Å². The number of halogens is 1. The van der Waals surface area contributed by atoms with Crippen molar-refractivity contribution in [3.63, 3.8) is 0 Å². The summed E-state index contributed by atoms with van der Waals surface area (Å²) in [6.07, 6.45) is 5.27. The number of allylic oxidation sites excluding steroid dienone is 5. The van der Waals surface area contributed by atoms with Crippen LogP contribution >= 0.6 is 0 Å². The van der Waals surface area contributed by atoms with Crippen LogP contribution in [0, 0.1) is 5.92 Å². The molecule has 0 radical (unpaired) electrons. The Labute approximate surface area is 92.1 Å². The topological polar surface area (TPSA) is 12.4 Å². The van der Waals surface area contributed by atoms with Gasteiger partial charge in [-0.25, -0.2) is 4.39 Å². The maximum absolute atomic E-state index is 12.7. The van der Waals surface area contributed by atoms with E-state index in [0.717, 1.165) is 11.3 Å². The lowest BCUT2D eigenvalue weighted by Gasteiger charge is -2.06. The number of nitrogens with zero attached hydrogens (tertiary/aromatic N) is 1. The van der Waals surface area contributed by atoms with Gasteiger partial charge in [0, 0.05) is 5.71 Å². The Morgan fingerprint density at radius 3 is 2.40 bits per heavy atom. The Morgan fingerprint density at radius 2 is 2.00 bits per heavy atom. The normalized spacial score (nSPS) is 14.7. The van der Waals surface area contributed by atoms with Crippen molar-refractivity contribution in [2.75, 3.05) is 6.67 Å². The van der Waals surface area contributed by atoms with Crippen molar-refractivity contribution in [2.45, 2.75) is 27.7 Å². The van der Waals surface area contributed by atoms with Crippen molar-refractivity contribution in [1.82, 2.24) is 0 Å². The van der Waals surface area contributed by atoms with Gasteiger partial charge in [-0.3, -0.25) is 4.99 Å². The molecule has 0 unspecified atom stereocenters. The molecular formula is C13H20FN. The van der Waals surface area contributed by atoms with E-state index in [1.165, 1.54) is 0 Å². The third-order valence-corrected chi connectivity index (χ3v) is 2.21. The van der Waals surface area contributed by atoms with Crippen LogP contribution in [0.3, 0.4) is 0 Å². The minimum atomic E-state index is -0.530. The van der Waals surface area contributed by atoms with Crippen LogP contribution in [0.5, 0.6) is 0 Å². The van der Waals surface area contributed by atoms with Crippen LogP contribution < -0.4 is 0 Å². The van der Waals surface area contributed by atoms with Crippen LogP contribution in [-0.4, -0.2) is 12.4 Å². The second kappa shape index (κ2) is 7.16. The van der Waals surface area contributed by atoms with Gasteiger partial charge < -0.3 is 0 Å². The molecule has 0 aliphatic rings. The maximum Gasteiger partial charge on any atom is 0.132 e. The molecule has 0 aromatic heterocycles. The summed E-state index contributed by atoms with van der Waals surface area (Å²) in [6.45, 7) is 10.9. The lowest BCUT2D eigenvalue weighted by molar-refractivity contribution is 0.537. The zero-order chi connectivity index (χ0) is 11.8. The predicted molar refractivity (Wildman–Crippen MR) is 66.0 cm³/mol. The highest BCUT2D eigenvalue weighted by atomic mass is 19.1. The Balaban J connectivity index is 4.97. The molecule has 15 heavy (non-hydrogen) atoms. The van der Waals surface area contributed by atoms with E-state index in [4.69, 9.17) is 0 Å². The third kappa shape index (κ3) is 5.31. The van der Waals surface area contributed by atoms with Gasteiger partial charge in [0.2, 0.25) is 0 Å². The summed E-state index contributed by atoms with van der Waals surface area (Å²) < 4.78 is 12.7. The summed E-state index contributed by atoms with van der Waals surface area (Å²) in [7, 11) is 0. The first-order valence-electron chi connectivity index (χ1n) is 5.12. The second-order valence-corrected chi connectivity index (χ2v) is 3.77. The second-order valence-electron chi connectivity index (χ2n) is 3.77. The number of rotatable bonds is 5. The quantitative estimate of drug-likeness (QED) is 0.477. The van der Waals surface area contributed by atoms with Crippen molar-refractivity contribution in [1.29, 1.82) is 0 Å². The van der Waals surface area contributed by atoms with Crippen LogP contribution in [0.25, 0.3) is 0 Å².